The molecule has 1 saturated heterocycles. The molecule has 2 aromatic carbocycles. The molecule has 0 unspecified atom stereocenters. The molecule has 2 atom stereocenters. The zero-order valence-corrected chi connectivity index (χ0v) is 28.1. The number of hydrazine groups is 1. The number of rotatable bonds is 4. The van der Waals surface area contributed by atoms with Crippen LogP contribution in [0, 0.1) is 5.41 Å². The molecule has 8 nitrogen and oxygen atoms in total. The van der Waals surface area contributed by atoms with Gasteiger partial charge in [0.25, 0.3) is 5.91 Å². The van der Waals surface area contributed by atoms with Gasteiger partial charge in [0.2, 0.25) is 0 Å². The molecule has 9 heteroatoms. The van der Waals surface area contributed by atoms with Gasteiger partial charge in [-0.25, -0.2) is 9.82 Å². The molecule has 0 spiro atoms. The standard InChI is InChI=1S/C38H46FN5O3/c1-6-43-33-12-11-26-19-29(33)30(35(43)28-9-7-13-41-34(28)23(2)3)20-38(4,5)22-47-37(46)32-10-8-14-44(42-32)36(45)31(40)18-24-15-25(21-39)17-27(26)16-24/h7,9,11-13,15-17,19,23,31-32,42H,6,8,10,14,18,20-22,40H2,1-5H3/t31-,32-/m0/s1. The van der Waals surface area contributed by atoms with Gasteiger partial charge in [-0.05, 0) is 96.7 Å². The van der Waals surface area contributed by atoms with Gasteiger partial charge >= 0.3 is 5.97 Å². The Hall–Kier alpha value is -4.08. The molecule has 4 heterocycles. The van der Waals surface area contributed by atoms with E-state index in [2.05, 4.69) is 68.9 Å². The van der Waals surface area contributed by atoms with E-state index in [1.807, 2.05) is 24.4 Å². The number of benzene rings is 2. The largest absolute Gasteiger partial charge is 0.464 e. The number of fused-ring (bicyclic) bond motifs is 6. The molecule has 2 aromatic heterocycles. The lowest BCUT2D eigenvalue weighted by molar-refractivity contribution is -0.154. The zero-order valence-electron chi connectivity index (χ0n) is 28.1. The Balaban J connectivity index is 1.57. The lowest BCUT2D eigenvalue weighted by atomic mass is 9.83. The van der Waals surface area contributed by atoms with Crippen LogP contribution >= 0.6 is 0 Å². The van der Waals surface area contributed by atoms with Gasteiger partial charge in [-0.15, -0.1) is 0 Å². The van der Waals surface area contributed by atoms with E-state index in [0.29, 0.717) is 31.4 Å². The van der Waals surface area contributed by atoms with Crippen LogP contribution in [0.1, 0.15) is 75.8 Å². The van der Waals surface area contributed by atoms with Crippen molar-refractivity contribution in [2.24, 2.45) is 11.1 Å². The molecule has 3 N–H and O–H groups in total. The third kappa shape index (κ3) is 6.56. The number of carbonyl (C=O) groups excluding carboxylic acids is 2. The maximum Gasteiger partial charge on any atom is 0.324 e. The summed E-state index contributed by atoms with van der Waals surface area (Å²) in [5.41, 5.74) is 17.8. The maximum atomic E-state index is 14.2. The average Bonchev–Trinajstić information content (AvgIpc) is 3.37. The molecule has 1 amide bonds. The average molecular weight is 640 g/mol. The van der Waals surface area contributed by atoms with E-state index in [0.717, 1.165) is 56.7 Å². The second kappa shape index (κ2) is 13.2. The summed E-state index contributed by atoms with van der Waals surface area (Å²) in [6.07, 6.45) is 3.95. The van der Waals surface area contributed by atoms with Crippen LogP contribution < -0.4 is 11.2 Å². The number of carbonyl (C=O) groups is 2. The predicted molar refractivity (Wildman–Crippen MR) is 183 cm³/mol. The first-order chi connectivity index (χ1) is 22.5. The molecule has 0 saturated carbocycles. The van der Waals surface area contributed by atoms with Gasteiger partial charge in [0.15, 0.2) is 0 Å². The Labute approximate surface area is 276 Å². The van der Waals surface area contributed by atoms with Crippen molar-refractivity contribution in [2.75, 3.05) is 13.2 Å². The van der Waals surface area contributed by atoms with Crippen molar-refractivity contribution in [1.29, 1.82) is 0 Å². The minimum absolute atomic E-state index is 0.210. The van der Waals surface area contributed by atoms with Crippen molar-refractivity contribution >= 4 is 22.8 Å². The molecule has 2 aliphatic heterocycles. The number of nitrogens with zero attached hydrogens (tertiary/aromatic N) is 3. The van der Waals surface area contributed by atoms with Crippen LogP contribution in [0.2, 0.25) is 0 Å². The van der Waals surface area contributed by atoms with E-state index in [9.17, 15) is 14.0 Å². The number of ether oxygens (including phenoxy) is 1. The van der Waals surface area contributed by atoms with Crippen LogP contribution in [0.25, 0.3) is 33.3 Å². The molecule has 47 heavy (non-hydrogen) atoms. The highest BCUT2D eigenvalue weighted by Crippen LogP contribution is 2.42. The summed E-state index contributed by atoms with van der Waals surface area (Å²) in [6.45, 7) is 11.5. The fourth-order valence-corrected chi connectivity index (χ4v) is 7.17. The Kier molecular flexibility index (Phi) is 9.23. The van der Waals surface area contributed by atoms with Crippen molar-refractivity contribution in [2.45, 2.75) is 91.5 Å². The number of cyclic esters (lactones) is 1. The lowest BCUT2D eigenvalue weighted by Gasteiger charge is -2.35. The van der Waals surface area contributed by atoms with Crippen LogP contribution in [-0.4, -0.2) is 51.7 Å². The lowest BCUT2D eigenvalue weighted by Crippen LogP contribution is -2.59. The van der Waals surface area contributed by atoms with Crippen LogP contribution in [-0.2, 0) is 40.4 Å². The number of amides is 1. The number of nitrogens with one attached hydrogen (secondary N) is 1. The topological polar surface area (TPSA) is 102 Å². The van der Waals surface area contributed by atoms with Crippen LogP contribution in [0.5, 0.6) is 0 Å². The van der Waals surface area contributed by atoms with Crippen molar-refractivity contribution in [3.05, 3.63) is 77.1 Å². The number of alkyl halides is 1. The predicted octanol–water partition coefficient (Wildman–Crippen LogP) is 6.47. The van der Waals surface area contributed by atoms with Crippen molar-refractivity contribution < 1.29 is 18.7 Å². The van der Waals surface area contributed by atoms with Gasteiger partial charge in [-0.3, -0.25) is 19.6 Å². The monoisotopic (exact) mass is 639 g/mol. The Morgan fingerprint density at radius 1 is 1.13 bits per heavy atom. The first-order valence-corrected chi connectivity index (χ1v) is 16.8. The van der Waals surface area contributed by atoms with Crippen LogP contribution in [0.15, 0.2) is 54.7 Å². The van der Waals surface area contributed by atoms with Gasteiger partial charge in [-0.1, -0.05) is 45.9 Å². The summed E-state index contributed by atoms with van der Waals surface area (Å²) >= 11 is 0. The van der Waals surface area contributed by atoms with Gasteiger partial charge in [0.1, 0.15) is 12.7 Å². The highest BCUT2D eigenvalue weighted by Gasteiger charge is 2.34. The fourth-order valence-electron chi connectivity index (χ4n) is 7.17. The number of aryl methyl sites for hydroxylation is 1. The highest BCUT2D eigenvalue weighted by atomic mass is 19.1. The normalized spacial score (nSPS) is 20.4. The molecule has 248 valence electrons. The third-order valence-electron chi connectivity index (χ3n) is 9.44. The Morgan fingerprint density at radius 3 is 2.68 bits per heavy atom. The van der Waals surface area contributed by atoms with E-state index in [-0.39, 0.29) is 30.8 Å². The van der Waals surface area contributed by atoms with Gasteiger partial charge < -0.3 is 15.0 Å². The molecule has 0 aliphatic carbocycles. The van der Waals surface area contributed by atoms with Crippen LogP contribution in [0.3, 0.4) is 0 Å². The SMILES string of the molecule is CCn1c(-c2cccnc2C(C)C)c2c3cc(ccc31)-c1cc(CF)cc(c1)C[C@H](N)C(=O)N1CCC[C@H](N1)C(=O)OCC(C)(C)C2. The zero-order chi connectivity index (χ0) is 33.5. The van der Waals surface area contributed by atoms with E-state index >= 15 is 0 Å². The molecule has 6 rings (SSSR count). The second-order valence-corrected chi connectivity index (χ2v) is 14.1. The summed E-state index contributed by atoms with van der Waals surface area (Å²) in [4.78, 5) is 31.6. The minimum atomic E-state index is -0.859. The van der Waals surface area contributed by atoms with Crippen molar-refractivity contribution in [3.8, 4) is 22.4 Å². The summed E-state index contributed by atoms with van der Waals surface area (Å²) in [6, 6.07) is 14.8. The number of nitrogens with two attached hydrogens (primary N) is 1. The molecule has 0 radical (unpaired) electrons. The quantitative estimate of drug-likeness (QED) is 0.248. The number of pyridine rings is 1. The first kappa shape index (κ1) is 32.8. The van der Waals surface area contributed by atoms with E-state index < -0.39 is 24.2 Å². The van der Waals surface area contributed by atoms with Crippen LogP contribution in [0.4, 0.5) is 4.39 Å². The van der Waals surface area contributed by atoms with E-state index in [1.165, 1.54) is 5.01 Å². The Morgan fingerprint density at radius 2 is 1.94 bits per heavy atom. The number of hydrogen-bond donors (Lipinski definition) is 2. The van der Waals surface area contributed by atoms with Crippen molar-refractivity contribution in [3.63, 3.8) is 0 Å². The number of aromatic nitrogens is 2. The molecular formula is C38H46FN5O3. The third-order valence-corrected chi connectivity index (χ3v) is 9.44. The summed E-state index contributed by atoms with van der Waals surface area (Å²) in [5.74, 6) is -0.460. The number of halogens is 1. The molecule has 1 fully saturated rings. The molecule has 2 aliphatic rings. The molecule has 4 aromatic rings. The van der Waals surface area contributed by atoms with Gasteiger partial charge in [0, 0.05) is 41.2 Å². The second-order valence-electron chi connectivity index (χ2n) is 14.1. The van der Waals surface area contributed by atoms with Gasteiger partial charge in [0.05, 0.1) is 24.0 Å². The first-order valence-electron chi connectivity index (χ1n) is 16.8. The number of esters is 1. The molecule has 6 bridgehead atoms. The van der Waals surface area contributed by atoms with Crippen molar-refractivity contribution in [1.82, 2.24) is 20.0 Å². The van der Waals surface area contributed by atoms with E-state index in [4.69, 9.17) is 15.5 Å². The summed E-state index contributed by atoms with van der Waals surface area (Å²) in [7, 11) is 0. The highest BCUT2D eigenvalue weighted by molar-refractivity contribution is 5.95. The minimum Gasteiger partial charge on any atom is -0.464 e. The maximum absolute atomic E-state index is 14.2. The van der Waals surface area contributed by atoms with E-state index in [1.54, 1.807) is 6.07 Å². The van der Waals surface area contributed by atoms with Gasteiger partial charge in [-0.2, -0.15) is 0 Å². The summed E-state index contributed by atoms with van der Waals surface area (Å²) < 4.78 is 22.6. The molecular weight excluding hydrogens is 593 g/mol. The Bertz CT molecular complexity index is 1810. The summed E-state index contributed by atoms with van der Waals surface area (Å²) in [5, 5.41) is 2.55. The smallest absolute Gasteiger partial charge is 0.324 e. The fraction of sp³-hybridized carbons (Fsp3) is 0.447. The number of hydrogen-bond acceptors (Lipinski definition) is 6.